The number of anilines is 2. The molecule has 2 heterocycles. The second kappa shape index (κ2) is 6.52. The number of rotatable bonds is 5. The number of aromatic nitrogens is 2. The number of aryl methyl sites for hydroxylation is 1. The Balaban J connectivity index is 2.07. The highest BCUT2D eigenvalue weighted by atomic mass is 15.2. The second-order valence-corrected chi connectivity index (χ2v) is 4.88. The van der Waals surface area contributed by atoms with Gasteiger partial charge in [-0.15, -0.1) is 6.58 Å². The Labute approximate surface area is 115 Å². The van der Waals surface area contributed by atoms with Crippen molar-refractivity contribution in [2.24, 2.45) is 0 Å². The van der Waals surface area contributed by atoms with Gasteiger partial charge in [0.05, 0.1) is 0 Å². The molecule has 104 valence electrons. The molecule has 0 atom stereocenters. The van der Waals surface area contributed by atoms with E-state index in [9.17, 15) is 0 Å². The van der Waals surface area contributed by atoms with Crippen LogP contribution in [0.2, 0.25) is 0 Å². The fourth-order valence-corrected chi connectivity index (χ4v) is 2.38. The minimum absolute atomic E-state index is 0.637. The third kappa shape index (κ3) is 3.67. The number of piperidine rings is 1. The van der Waals surface area contributed by atoms with Gasteiger partial charge < -0.3 is 15.5 Å². The number of nitrogens with zero attached hydrogens (tertiary/aromatic N) is 3. The van der Waals surface area contributed by atoms with Gasteiger partial charge in [0.2, 0.25) is 0 Å². The molecule has 0 unspecified atom stereocenters. The molecule has 0 saturated carbocycles. The molecule has 0 aliphatic carbocycles. The number of hydrogen-bond donors (Lipinski definition) is 2. The zero-order valence-electron chi connectivity index (χ0n) is 11.8. The molecule has 5 nitrogen and oxygen atoms in total. The first-order valence-electron chi connectivity index (χ1n) is 6.85. The summed E-state index contributed by atoms with van der Waals surface area (Å²) in [6, 6.07) is 2.66. The van der Waals surface area contributed by atoms with Gasteiger partial charge in [0.25, 0.3) is 0 Å². The van der Waals surface area contributed by atoms with Gasteiger partial charge in [-0.05, 0) is 26.8 Å². The Kier molecular flexibility index (Phi) is 4.74. The van der Waals surface area contributed by atoms with Crippen molar-refractivity contribution in [3.8, 4) is 0 Å². The predicted molar refractivity (Wildman–Crippen MR) is 79.8 cm³/mol. The molecular weight excluding hydrogens is 238 g/mol. The summed E-state index contributed by atoms with van der Waals surface area (Å²) in [5, 5.41) is 6.57. The van der Waals surface area contributed by atoms with Gasteiger partial charge in [0.15, 0.2) is 0 Å². The van der Waals surface area contributed by atoms with Crippen molar-refractivity contribution in [2.75, 3.05) is 36.9 Å². The average molecular weight is 261 g/mol. The summed E-state index contributed by atoms with van der Waals surface area (Å²) >= 11 is 0. The lowest BCUT2D eigenvalue weighted by Gasteiger charge is -2.32. The van der Waals surface area contributed by atoms with Crippen molar-refractivity contribution in [1.29, 1.82) is 0 Å². The summed E-state index contributed by atoms with van der Waals surface area (Å²) in [6.45, 7) is 8.45. The summed E-state index contributed by atoms with van der Waals surface area (Å²) in [5.41, 5.74) is 0. The maximum absolute atomic E-state index is 4.55. The van der Waals surface area contributed by atoms with Crippen LogP contribution in [0.1, 0.15) is 18.7 Å². The summed E-state index contributed by atoms with van der Waals surface area (Å²) < 4.78 is 0. The molecule has 2 N–H and O–H groups in total. The number of nitrogens with one attached hydrogen (secondary N) is 2. The molecule has 1 aromatic rings. The first-order chi connectivity index (χ1) is 9.22. The van der Waals surface area contributed by atoms with Crippen molar-refractivity contribution in [2.45, 2.75) is 25.8 Å². The van der Waals surface area contributed by atoms with Crippen LogP contribution in [0.15, 0.2) is 18.7 Å². The largest absolute Gasteiger partial charge is 0.366 e. The lowest BCUT2D eigenvalue weighted by atomic mass is 10.1. The molecule has 1 aromatic heterocycles. The highest BCUT2D eigenvalue weighted by Crippen LogP contribution is 2.20. The van der Waals surface area contributed by atoms with E-state index in [1.54, 1.807) is 0 Å². The van der Waals surface area contributed by atoms with Crippen LogP contribution in [0.25, 0.3) is 0 Å². The van der Waals surface area contributed by atoms with Gasteiger partial charge in [-0.25, -0.2) is 9.97 Å². The molecule has 1 aliphatic heterocycles. The molecular formula is C14H23N5. The van der Waals surface area contributed by atoms with E-state index in [1.807, 2.05) is 26.1 Å². The fraction of sp³-hybridized carbons (Fsp3) is 0.571. The van der Waals surface area contributed by atoms with Gasteiger partial charge in [0, 0.05) is 31.7 Å². The summed E-state index contributed by atoms with van der Waals surface area (Å²) in [5.74, 6) is 2.70. The quantitative estimate of drug-likeness (QED) is 0.788. The highest BCUT2D eigenvalue weighted by molar-refractivity contribution is 5.50. The SMILES string of the molecule is C=CCNc1cc(N2CCC(NC)CC2)nc(C)n1. The van der Waals surface area contributed by atoms with Crippen LogP contribution in [-0.2, 0) is 0 Å². The molecule has 1 saturated heterocycles. The first-order valence-corrected chi connectivity index (χ1v) is 6.85. The van der Waals surface area contributed by atoms with Gasteiger partial charge in [-0.2, -0.15) is 0 Å². The lowest BCUT2D eigenvalue weighted by molar-refractivity contribution is 0.440. The Bertz CT molecular complexity index is 424. The Hall–Kier alpha value is -1.62. The van der Waals surface area contributed by atoms with Crippen LogP contribution >= 0.6 is 0 Å². The predicted octanol–water partition coefficient (Wildman–Crippen LogP) is 1.57. The molecule has 0 aromatic carbocycles. The normalized spacial score (nSPS) is 16.4. The summed E-state index contributed by atoms with van der Waals surface area (Å²) in [6.07, 6.45) is 4.15. The topological polar surface area (TPSA) is 53.1 Å². The van der Waals surface area contributed by atoms with Crippen LogP contribution in [-0.4, -0.2) is 42.7 Å². The van der Waals surface area contributed by atoms with Gasteiger partial charge in [-0.1, -0.05) is 6.08 Å². The van der Waals surface area contributed by atoms with Crippen LogP contribution in [0.3, 0.4) is 0 Å². The van der Waals surface area contributed by atoms with E-state index < -0.39 is 0 Å². The zero-order chi connectivity index (χ0) is 13.7. The third-order valence-corrected chi connectivity index (χ3v) is 3.48. The molecule has 2 rings (SSSR count). The molecule has 0 amide bonds. The van der Waals surface area contributed by atoms with Gasteiger partial charge >= 0.3 is 0 Å². The lowest BCUT2D eigenvalue weighted by Crippen LogP contribution is -2.41. The van der Waals surface area contributed by atoms with Crippen molar-refractivity contribution in [3.63, 3.8) is 0 Å². The van der Waals surface area contributed by atoms with Crippen LogP contribution in [0, 0.1) is 6.92 Å². The Morgan fingerprint density at radius 1 is 1.42 bits per heavy atom. The summed E-state index contributed by atoms with van der Waals surface area (Å²) in [4.78, 5) is 11.3. The zero-order valence-corrected chi connectivity index (χ0v) is 11.8. The van der Waals surface area contributed by atoms with Crippen LogP contribution < -0.4 is 15.5 Å². The Morgan fingerprint density at radius 2 is 2.16 bits per heavy atom. The molecule has 19 heavy (non-hydrogen) atoms. The highest BCUT2D eigenvalue weighted by Gasteiger charge is 2.19. The minimum atomic E-state index is 0.637. The molecule has 1 aliphatic rings. The second-order valence-electron chi connectivity index (χ2n) is 4.88. The van der Waals surface area contributed by atoms with E-state index >= 15 is 0 Å². The van der Waals surface area contributed by atoms with E-state index in [1.165, 1.54) is 0 Å². The van der Waals surface area contributed by atoms with Crippen molar-refractivity contribution in [1.82, 2.24) is 15.3 Å². The summed E-state index contributed by atoms with van der Waals surface area (Å²) in [7, 11) is 2.03. The molecule has 5 heteroatoms. The van der Waals surface area contributed by atoms with E-state index in [2.05, 4.69) is 32.1 Å². The van der Waals surface area contributed by atoms with Crippen LogP contribution in [0.5, 0.6) is 0 Å². The van der Waals surface area contributed by atoms with Crippen molar-refractivity contribution in [3.05, 3.63) is 24.5 Å². The smallest absolute Gasteiger partial charge is 0.134 e. The standard InChI is InChI=1S/C14H23N5/c1-4-7-16-13-10-14(18-11(2)17-13)19-8-5-12(15-3)6-9-19/h4,10,12,15H,1,5-9H2,2-3H3,(H,16,17,18). The van der Waals surface area contributed by atoms with E-state index in [-0.39, 0.29) is 0 Å². The van der Waals surface area contributed by atoms with Gasteiger partial charge in [-0.3, -0.25) is 0 Å². The minimum Gasteiger partial charge on any atom is -0.366 e. The van der Waals surface area contributed by atoms with E-state index in [0.717, 1.165) is 49.9 Å². The Morgan fingerprint density at radius 3 is 2.79 bits per heavy atom. The molecule has 0 radical (unpaired) electrons. The van der Waals surface area contributed by atoms with Crippen LogP contribution in [0.4, 0.5) is 11.6 Å². The monoisotopic (exact) mass is 261 g/mol. The maximum atomic E-state index is 4.55. The molecule has 1 fully saturated rings. The number of hydrogen-bond acceptors (Lipinski definition) is 5. The first kappa shape index (κ1) is 13.8. The van der Waals surface area contributed by atoms with Gasteiger partial charge in [0.1, 0.15) is 17.5 Å². The maximum Gasteiger partial charge on any atom is 0.134 e. The van der Waals surface area contributed by atoms with Crippen molar-refractivity contribution >= 4 is 11.6 Å². The van der Waals surface area contributed by atoms with E-state index in [4.69, 9.17) is 0 Å². The van der Waals surface area contributed by atoms with Crippen molar-refractivity contribution < 1.29 is 0 Å². The fourth-order valence-electron chi connectivity index (χ4n) is 2.38. The third-order valence-electron chi connectivity index (χ3n) is 3.48. The molecule has 0 spiro atoms. The average Bonchev–Trinajstić information content (AvgIpc) is 2.44. The van der Waals surface area contributed by atoms with E-state index in [0.29, 0.717) is 6.04 Å². The molecule has 0 bridgehead atoms.